The third kappa shape index (κ3) is 4.25. The van der Waals surface area contributed by atoms with E-state index in [4.69, 9.17) is 17.0 Å². The SMILES string of the molecule is CC(C)N(C(=N)Sc1ccc(Cl)cc1)C(C)C. The van der Waals surface area contributed by atoms with E-state index in [1.54, 1.807) is 0 Å². The van der Waals surface area contributed by atoms with Gasteiger partial charge in [-0.2, -0.15) is 0 Å². The van der Waals surface area contributed by atoms with Crippen LogP contribution >= 0.6 is 23.4 Å². The minimum atomic E-state index is 0.335. The second kappa shape index (κ2) is 6.31. The smallest absolute Gasteiger partial charge is 0.161 e. The van der Waals surface area contributed by atoms with Gasteiger partial charge >= 0.3 is 0 Å². The summed E-state index contributed by atoms with van der Waals surface area (Å²) in [6.07, 6.45) is 0. The van der Waals surface area contributed by atoms with Crippen LogP contribution in [-0.2, 0) is 0 Å². The van der Waals surface area contributed by atoms with Gasteiger partial charge in [-0.15, -0.1) is 0 Å². The molecule has 0 radical (unpaired) electrons. The van der Waals surface area contributed by atoms with Crippen molar-refractivity contribution in [2.45, 2.75) is 44.7 Å². The van der Waals surface area contributed by atoms with Gasteiger partial charge in [0.2, 0.25) is 0 Å². The van der Waals surface area contributed by atoms with Gasteiger partial charge in [0.1, 0.15) is 0 Å². The fourth-order valence-corrected chi connectivity index (χ4v) is 2.88. The summed E-state index contributed by atoms with van der Waals surface area (Å²) in [7, 11) is 0. The van der Waals surface area contributed by atoms with Crippen LogP contribution in [0.5, 0.6) is 0 Å². The molecule has 2 nitrogen and oxygen atoms in total. The summed E-state index contributed by atoms with van der Waals surface area (Å²) in [4.78, 5) is 3.14. The summed E-state index contributed by atoms with van der Waals surface area (Å²) in [6.45, 7) is 8.43. The number of thioether (sulfide) groups is 1. The molecule has 0 bridgehead atoms. The largest absolute Gasteiger partial charge is 0.347 e. The van der Waals surface area contributed by atoms with E-state index >= 15 is 0 Å². The highest BCUT2D eigenvalue weighted by Gasteiger charge is 2.17. The third-order valence-electron chi connectivity index (χ3n) is 2.38. The molecule has 0 aliphatic rings. The molecule has 0 atom stereocenters. The maximum Gasteiger partial charge on any atom is 0.161 e. The van der Waals surface area contributed by atoms with Crippen LogP contribution in [0.15, 0.2) is 29.2 Å². The third-order valence-corrected chi connectivity index (χ3v) is 3.54. The van der Waals surface area contributed by atoms with E-state index in [-0.39, 0.29) is 0 Å². The van der Waals surface area contributed by atoms with Crippen molar-refractivity contribution in [1.82, 2.24) is 4.90 Å². The van der Waals surface area contributed by atoms with Gasteiger partial charge < -0.3 is 4.90 Å². The van der Waals surface area contributed by atoms with Crippen LogP contribution in [0, 0.1) is 5.41 Å². The molecule has 1 aromatic rings. The molecule has 0 heterocycles. The summed E-state index contributed by atoms with van der Waals surface area (Å²) in [5, 5.41) is 9.46. The van der Waals surface area contributed by atoms with Crippen molar-refractivity contribution in [3.05, 3.63) is 29.3 Å². The van der Waals surface area contributed by atoms with Crippen molar-refractivity contribution in [3.63, 3.8) is 0 Å². The van der Waals surface area contributed by atoms with Crippen molar-refractivity contribution in [2.75, 3.05) is 0 Å². The Morgan fingerprint density at radius 3 is 2.00 bits per heavy atom. The van der Waals surface area contributed by atoms with Gasteiger partial charge in [0, 0.05) is 22.0 Å². The molecule has 1 rings (SSSR count). The number of nitrogens with zero attached hydrogens (tertiary/aromatic N) is 1. The highest BCUT2D eigenvalue weighted by molar-refractivity contribution is 8.13. The molecule has 0 amide bonds. The number of benzene rings is 1. The van der Waals surface area contributed by atoms with Gasteiger partial charge in [-0.25, -0.2) is 0 Å². The molecule has 94 valence electrons. The Kier molecular flexibility index (Phi) is 5.34. The maximum atomic E-state index is 8.15. The molecule has 0 spiro atoms. The predicted octanol–water partition coefficient (Wildman–Crippen LogP) is 4.49. The Balaban J connectivity index is 2.73. The number of amidine groups is 1. The maximum absolute atomic E-state index is 8.15. The first kappa shape index (κ1) is 14.4. The van der Waals surface area contributed by atoms with Gasteiger partial charge in [-0.05, 0) is 52.0 Å². The highest BCUT2D eigenvalue weighted by Crippen LogP contribution is 2.24. The van der Waals surface area contributed by atoms with Gasteiger partial charge in [-0.1, -0.05) is 23.4 Å². The zero-order chi connectivity index (χ0) is 13.0. The molecule has 1 N–H and O–H groups in total. The zero-order valence-electron chi connectivity index (χ0n) is 10.7. The van der Waals surface area contributed by atoms with Crippen molar-refractivity contribution < 1.29 is 0 Å². The lowest BCUT2D eigenvalue weighted by Crippen LogP contribution is -2.40. The van der Waals surface area contributed by atoms with E-state index in [2.05, 4.69) is 32.6 Å². The summed E-state index contributed by atoms with van der Waals surface area (Å²) >= 11 is 7.31. The monoisotopic (exact) mass is 270 g/mol. The zero-order valence-corrected chi connectivity index (χ0v) is 12.3. The van der Waals surface area contributed by atoms with Gasteiger partial charge in [0.25, 0.3) is 0 Å². The Morgan fingerprint density at radius 1 is 1.12 bits per heavy atom. The minimum Gasteiger partial charge on any atom is -0.347 e. The Hall–Kier alpha value is -0.670. The molecule has 0 aliphatic carbocycles. The van der Waals surface area contributed by atoms with E-state index < -0.39 is 0 Å². The molecule has 0 aliphatic heterocycles. The van der Waals surface area contributed by atoms with E-state index in [9.17, 15) is 0 Å². The van der Waals surface area contributed by atoms with Crippen LogP contribution in [0.25, 0.3) is 0 Å². The number of nitrogens with one attached hydrogen (secondary N) is 1. The number of hydrogen-bond donors (Lipinski definition) is 1. The predicted molar refractivity (Wildman–Crippen MR) is 77.1 cm³/mol. The Morgan fingerprint density at radius 2 is 1.59 bits per heavy atom. The van der Waals surface area contributed by atoms with E-state index in [1.165, 1.54) is 11.8 Å². The van der Waals surface area contributed by atoms with Crippen LogP contribution in [-0.4, -0.2) is 22.2 Å². The highest BCUT2D eigenvalue weighted by atomic mass is 35.5. The summed E-state index contributed by atoms with van der Waals surface area (Å²) in [5.41, 5.74) is 0. The lowest BCUT2D eigenvalue weighted by Gasteiger charge is -2.32. The molecule has 4 heteroatoms. The van der Waals surface area contributed by atoms with Crippen LogP contribution in [0.4, 0.5) is 0 Å². The Labute approximate surface area is 113 Å². The summed E-state index contributed by atoms with van der Waals surface area (Å²) in [6, 6.07) is 8.27. The van der Waals surface area contributed by atoms with Crippen LogP contribution < -0.4 is 0 Å². The molecule has 0 aromatic heterocycles. The average Bonchev–Trinajstić information content (AvgIpc) is 2.20. The van der Waals surface area contributed by atoms with Crippen LogP contribution in [0.3, 0.4) is 0 Å². The first-order chi connectivity index (χ1) is 7.91. The molecule has 0 saturated heterocycles. The Bertz CT molecular complexity index is 366. The number of hydrogen-bond acceptors (Lipinski definition) is 2. The quantitative estimate of drug-likeness (QED) is 0.498. The molecular weight excluding hydrogens is 252 g/mol. The van der Waals surface area contributed by atoms with E-state index in [0.717, 1.165) is 9.92 Å². The van der Waals surface area contributed by atoms with Crippen molar-refractivity contribution in [1.29, 1.82) is 5.41 Å². The first-order valence-electron chi connectivity index (χ1n) is 5.72. The second-order valence-electron chi connectivity index (χ2n) is 4.46. The molecule has 0 fully saturated rings. The molecule has 0 unspecified atom stereocenters. The topological polar surface area (TPSA) is 27.1 Å². The number of rotatable bonds is 3. The molecule has 0 saturated carbocycles. The van der Waals surface area contributed by atoms with Crippen molar-refractivity contribution >= 4 is 28.5 Å². The fraction of sp³-hybridized carbons (Fsp3) is 0.462. The van der Waals surface area contributed by atoms with Crippen LogP contribution in [0.2, 0.25) is 5.02 Å². The lowest BCUT2D eigenvalue weighted by atomic mass is 10.2. The van der Waals surface area contributed by atoms with Crippen molar-refractivity contribution in [2.24, 2.45) is 0 Å². The average molecular weight is 271 g/mol. The molecule has 17 heavy (non-hydrogen) atoms. The normalized spacial score (nSPS) is 11.0. The van der Waals surface area contributed by atoms with E-state index in [0.29, 0.717) is 17.3 Å². The van der Waals surface area contributed by atoms with Crippen LogP contribution in [0.1, 0.15) is 27.7 Å². The van der Waals surface area contributed by atoms with Gasteiger partial charge in [0.05, 0.1) is 0 Å². The van der Waals surface area contributed by atoms with E-state index in [1.807, 2.05) is 24.3 Å². The van der Waals surface area contributed by atoms with Gasteiger partial charge in [-0.3, -0.25) is 5.41 Å². The lowest BCUT2D eigenvalue weighted by molar-refractivity contribution is 0.296. The minimum absolute atomic E-state index is 0.335. The summed E-state index contributed by atoms with van der Waals surface area (Å²) < 4.78 is 0. The molecular formula is C13H19ClN2S. The summed E-state index contributed by atoms with van der Waals surface area (Å²) in [5.74, 6) is 0. The fourth-order valence-electron chi connectivity index (χ4n) is 1.73. The van der Waals surface area contributed by atoms with Gasteiger partial charge in [0.15, 0.2) is 5.17 Å². The number of halogens is 1. The van der Waals surface area contributed by atoms with Crippen molar-refractivity contribution in [3.8, 4) is 0 Å². The molecule has 1 aromatic carbocycles. The first-order valence-corrected chi connectivity index (χ1v) is 6.91. The standard InChI is InChI=1S/C13H19ClN2S/c1-9(2)16(10(3)4)13(15)17-12-7-5-11(14)6-8-12/h5-10,15H,1-4H3. The second-order valence-corrected chi connectivity index (χ2v) is 5.95.